The largest absolute Gasteiger partial charge is 0.497 e. The Morgan fingerprint density at radius 2 is 1.64 bits per heavy atom. The molecular formula is C19H25NO2. The van der Waals surface area contributed by atoms with Gasteiger partial charge in [0.25, 0.3) is 0 Å². The lowest BCUT2D eigenvalue weighted by atomic mass is 9.98. The van der Waals surface area contributed by atoms with Crippen molar-refractivity contribution in [2.24, 2.45) is 0 Å². The Bertz CT molecular complexity index is 539. The van der Waals surface area contributed by atoms with Crippen molar-refractivity contribution in [3.05, 3.63) is 65.7 Å². The fourth-order valence-electron chi connectivity index (χ4n) is 2.47. The summed E-state index contributed by atoms with van der Waals surface area (Å²) in [6.45, 7) is 2.78. The number of hydrogen-bond donors (Lipinski definition) is 2. The molecule has 2 rings (SSSR count). The highest BCUT2D eigenvalue weighted by Gasteiger charge is 2.14. The van der Waals surface area contributed by atoms with E-state index in [0.717, 1.165) is 25.1 Å². The van der Waals surface area contributed by atoms with E-state index in [1.54, 1.807) is 7.11 Å². The number of hydrogen-bond acceptors (Lipinski definition) is 3. The van der Waals surface area contributed by atoms with Gasteiger partial charge in [-0.05, 0) is 42.6 Å². The Morgan fingerprint density at radius 3 is 2.23 bits per heavy atom. The summed E-state index contributed by atoms with van der Waals surface area (Å²) in [6, 6.07) is 18.6. The van der Waals surface area contributed by atoms with Crippen LogP contribution in [0, 0.1) is 0 Å². The molecule has 0 aliphatic rings. The predicted molar refractivity (Wildman–Crippen MR) is 90.2 cm³/mol. The average molecular weight is 299 g/mol. The summed E-state index contributed by atoms with van der Waals surface area (Å²) < 4.78 is 5.23. The minimum atomic E-state index is -0.236. The first-order chi connectivity index (χ1) is 10.7. The van der Waals surface area contributed by atoms with Gasteiger partial charge in [0, 0.05) is 0 Å². The molecule has 0 amide bonds. The molecule has 2 N–H and O–H groups in total. The average Bonchev–Trinajstić information content (AvgIpc) is 2.59. The van der Waals surface area contributed by atoms with Gasteiger partial charge in [0.1, 0.15) is 5.75 Å². The molecule has 0 heterocycles. The van der Waals surface area contributed by atoms with Crippen LogP contribution in [0.15, 0.2) is 54.6 Å². The van der Waals surface area contributed by atoms with Crippen molar-refractivity contribution in [3.8, 4) is 5.75 Å². The summed E-state index contributed by atoms with van der Waals surface area (Å²) in [4.78, 5) is 0. The van der Waals surface area contributed by atoms with Gasteiger partial charge in [-0.15, -0.1) is 0 Å². The number of benzene rings is 2. The van der Waals surface area contributed by atoms with Crippen LogP contribution in [0.5, 0.6) is 5.75 Å². The van der Waals surface area contributed by atoms with Gasteiger partial charge >= 0.3 is 0 Å². The monoisotopic (exact) mass is 299 g/mol. The molecule has 2 unspecified atom stereocenters. The maximum absolute atomic E-state index is 9.72. The molecule has 2 aromatic carbocycles. The Morgan fingerprint density at radius 1 is 1.00 bits per heavy atom. The third-order valence-corrected chi connectivity index (χ3v) is 3.88. The molecule has 0 aliphatic heterocycles. The SMILES string of the molecule is CCC(O)CCNC(c1ccccc1)c1ccc(OC)cc1. The zero-order valence-electron chi connectivity index (χ0n) is 13.3. The van der Waals surface area contributed by atoms with E-state index in [1.165, 1.54) is 11.1 Å². The molecule has 0 fully saturated rings. The second-order valence-corrected chi connectivity index (χ2v) is 5.42. The van der Waals surface area contributed by atoms with Gasteiger partial charge in [-0.2, -0.15) is 0 Å². The molecule has 0 aliphatic carbocycles. The Labute approximate surface area is 133 Å². The predicted octanol–water partition coefficient (Wildman–Crippen LogP) is 3.54. The highest BCUT2D eigenvalue weighted by molar-refractivity contribution is 5.35. The maximum atomic E-state index is 9.72. The van der Waals surface area contributed by atoms with Gasteiger partial charge in [-0.25, -0.2) is 0 Å². The van der Waals surface area contributed by atoms with Gasteiger partial charge in [0.2, 0.25) is 0 Å². The van der Waals surface area contributed by atoms with Crippen LogP contribution in [0.2, 0.25) is 0 Å². The summed E-state index contributed by atoms with van der Waals surface area (Å²) >= 11 is 0. The zero-order valence-corrected chi connectivity index (χ0v) is 13.3. The number of ether oxygens (including phenoxy) is 1. The van der Waals surface area contributed by atoms with Crippen molar-refractivity contribution in [3.63, 3.8) is 0 Å². The summed E-state index contributed by atoms with van der Waals surface area (Å²) in [5, 5.41) is 13.3. The van der Waals surface area contributed by atoms with E-state index in [2.05, 4.69) is 41.7 Å². The standard InChI is InChI=1S/C19H25NO2/c1-3-17(21)13-14-20-19(15-7-5-4-6-8-15)16-9-11-18(22-2)12-10-16/h4-12,17,19-21H,3,13-14H2,1-2H3. The van der Waals surface area contributed by atoms with Gasteiger partial charge < -0.3 is 15.2 Å². The minimum absolute atomic E-state index is 0.121. The van der Waals surface area contributed by atoms with Crippen LogP contribution in [0.4, 0.5) is 0 Å². The lowest BCUT2D eigenvalue weighted by Crippen LogP contribution is -2.26. The first-order valence-corrected chi connectivity index (χ1v) is 7.85. The van der Waals surface area contributed by atoms with E-state index in [9.17, 15) is 5.11 Å². The normalized spacial score (nSPS) is 13.6. The van der Waals surface area contributed by atoms with Crippen molar-refractivity contribution < 1.29 is 9.84 Å². The summed E-state index contributed by atoms with van der Waals surface area (Å²) in [7, 11) is 1.67. The molecule has 22 heavy (non-hydrogen) atoms. The number of aliphatic hydroxyl groups is 1. The molecule has 0 saturated heterocycles. The topological polar surface area (TPSA) is 41.5 Å². The van der Waals surface area contributed by atoms with Gasteiger partial charge in [-0.3, -0.25) is 0 Å². The Hall–Kier alpha value is -1.84. The van der Waals surface area contributed by atoms with Crippen molar-refractivity contribution in [1.29, 1.82) is 0 Å². The highest BCUT2D eigenvalue weighted by Crippen LogP contribution is 2.24. The second-order valence-electron chi connectivity index (χ2n) is 5.42. The van der Waals surface area contributed by atoms with Crippen LogP contribution in [-0.4, -0.2) is 24.9 Å². The molecule has 0 bridgehead atoms. The van der Waals surface area contributed by atoms with E-state index in [-0.39, 0.29) is 12.1 Å². The third kappa shape index (κ3) is 4.58. The van der Waals surface area contributed by atoms with Crippen LogP contribution in [0.3, 0.4) is 0 Å². The fraction of sp³-hybridized carbons (Fsp3) is 0.368. The number of rotatable bonds is 8. The minimum Gasteiger partial charge on any atom is -0.497 e. The van der Waals surface area contributed by atoms with E-state index < -0.39 is 0 Å². The molecule has 2 atom stereocenters. The number of methoxy groups -OCH3 is 1. The molecule has 0 spiro atoms. The van der Waals surface area contributed by atoms with Crippen LogP contribution < -0.4 is 10.1 Å². The lowest BCUT2D eigenvalue weighted by molar-refractivity contribution is 0.159. The van der Waals surface area contributed by atoms with Crippen LogP contribution in [-0.2, 0) is 0 Å². The Kier molecular flexibility index (Phi) is 6.44. The first-order valence-electron chi connectivity index (χ1n) is 7.85. The van der Waals surface area contributed by atoms with Crippen molar-refractivity contribution >= 4 is 0 Å². The highest BCUT2D eigenvalue weighted by atomic mass is 16.5. The van der Waals surface area contributed by atoms with Gasteiger partial charge in [0.15, 0.2) is 0 Å². The van der Waals surface area contributed by atoms with Crippen molar-refractivity contribution in [1.82, 2.24) is 5.32 Å². The van der Waals surface area contributed by atoms with E-state index in [4.69, 9.17) is 4.74 Å². The van der Waals surface area contributed by atoms with Crippen molar-refractivity contribution in [2.75, 3.05) is 13.7 Å². The van der Waals surface area contributed by atoms with Gasteiger partial charge in [-0.1, -0.05) is 49.4 Å². The van der Waals surface area contributed by atoms with E-state index in [0.29, 0.717) is 0 Å². The molecule has 118 valence electrons. The van der Waals surface area contributed by atoms with Gasteiger partial charge in [0.05, 0.1) is 19.3 Å². The second kappa shape index (κ2) is 8.57. The van der Waals surface area contributed by atoms with Crippen LogP contribution >= 0.6 is 0 Å². The van der Waals surface area contributed by atoms with E-state index >= 15 is 0 Å². The maximum Gasteiger partial charge on any atom is 0.118 e. The van der Waals surface area contributed by atoms with Crippen LogP contribution in [0.25, 0.3) is 0 Å². The molecule has 3 nitrogen and oxygen atoms in total. The molecule has 0 radical (unpaired) electrons. The molecule has 0 aromatic heterocycles. The number of aliphatic hydroxyl groups excluding tert-OH is 1. The molecule has 0 saturated carbocycles. The first kappa shape index (κ1) is 16.5. The smallest absolute Gasteiger partial charge is 0.118 e. The molecule has 2 aromatic rings. The summed E-state index contributed by atoms with van der Waals surface area (Å²) in [5.41, 5.74) is 2.41. The van der Waals surface area contributed by atoms with E-state index in [1.807, 2.05) is 25.1 Å². The third-order valence-electron chi connectivity index (χ3n) is 3.88. The molecular weight excluding hydrogens is 274 g/mol. The van der Waals surface area contributed by atoms with Crippen molar-refractivity contribution in [2.45, 2.75) is 31.9 Å². The lowest BCUT2D eigenvalue weighted by Gasteiger charge is -2.21. The summed E-state index contributed by atoms with van der Waals surface area (Å²) in [5.74, 6) is 0.858. The Balaban J connectivity index is 2.14. The summed E-state index contributed by atoms with van der Waals surface area (Å²) in [6.07, 6.45) is 1.32. The van der Waals surface area contributed by atoms with Crippen LogP contribution in [0.1, 0.15) is 36.9 Å². The zero-order chi connectivity index (χ0) is 15.8. The molecule has 3 heteroatoms. The fourth-order valence-corrected chi connectivity index (χ4v) is 2.47. The number of nitrogens with one attached hydrogen (secondary N) is 1. The quantitative estimate of drug-likeness (QED) is 0.783.